The maximum Gasteiger partial charge on any atom is 0.302 e. The number of hydrogen-bond acceptors (Lipinski definition) is 5. The molecule has 0 N–H and O–H groups in total. The van der Waals surface area contributed by atoms with Crippen LogP contribution < -0.4 is 0 Å². The van der Waals surface area contributed by atoms with Crippen molar-refractivity contribution in [2.45, 2.75) is 13.0 Å². The lowest BCUT2D eigenvalue weighted by Gasteiger charge is -2.12. The maximum absolute atomic E-state index is 10.3. The van der Waals surface area contributed by atoms with Crippen molar-refractivity contribution in [3.05, 3.63) is 0 Å². The first-order valence-electron chi connectivity index (χ1n) is 3.42. The third kappa shape index (κ3) is 5.67. The van der Waals surface area contributed by atoms with Crippen molar-refractivity contribution in [1.29, 1.82) is 0 Å². The number of esters is 1. The molecular weight excluding hydrogens is 164 g/mol. The lowest BCUT2D eigenvalue weighted by molar-refractivity contribution is -0.147. The van der Waals surface area contributed by atoms with E-state index in [0.29, 0.717) is 6.47 Å². The van der Waals surface area contributed by atoms with E-state index in [4.69, 9.17) is 4.74 Å². The van der Waals surface area contributed by atoms with Crippen molar-refractivity contribution in [3.63, 3.8) is 0 Å². The van der Waals surface area contributed by atoms with Crippen LogP contribution in [0.2, 0.25) is 0 Å². The van der Waals surface area contributed by atoms with E-state index in [9.17, 15) is 9.59 Å². The van der Waals surface area contributed by atoms with Gasteiger partial charge in [0, 0.05) is 14.0 Å². The van der Waals surface area contributed by atoms with Crippen LogP contribution >= 0.6 is 0 Å². The zero-order valence-electron chi connectivity index (χ0n) is 7.11. The van der Waals surface area contributed by atoms with E-state index in [1.165, 1.54) is 14.0 Å². The fraction of sp³-hybridized carbons (Fsp3) is 0.714. The summed E-state index contributed by atoms with van der Waals surface area (Å²) in [6, 6.07) is 0. The second kappa shape index (κ2) is 6.60. The average molecular weight is 176 g/mol. The SMILES string of the molecule is COC(COC=O)COC(C)=O. The Morgan fingerprint density at radius 2 is 2.17 bits per heavy atom. The number of carbonyl (C=O) groups is 2. The van der Waals surface area contributed by atoms with Gasteiger partial charge in [-0.25, -0.2) is 0 Å². The Balaban J connectivity index is 3.52. The number of ether oxygens (including phenoxy) is 3. The van der Waals surface area contributed by atoms with E-state index < -0.39 is 0 Å². The summed E-state index contributed by atoms with van der Waals surface area (Å²) in [5.74, 6) is -0.386. The van der Waals surface area contributed by atoms with Gasteiger partial charge in [0.2, 0.25) is 0 Å². The molecule has 0 fully saturated rings. The molecular formula is C7H12O5. The molecule has 0 saturated carbocycles. The molecule has 0 radical (unpaired) electrons. The third-order valence-corrected chi connectivity index (χ3v) is 1.16. The molecule has 0 spiro atoms. The van der Waals surface area contributed by atoms with Crippen molar-refractivity contribution in [3.8, 4) is 0 Å². The molecule has 0 saturated heterocycles. The summed E-state index contributed by atoms with van der Waals surface area (Å²) in [5.41, 5.74) is 0. The lowest BCUT2D eigenvalue weighted by Crippen LogP contribution is -2.25. The quantitative estimate of drug-likeness (QED) is 0.412. The van der Waals surface area contributed by atoms with Crippen molar-refractivity contribution < 1.29 is 23.8 Å². The highest BCUT2D eigenvalue weighted by atomic mass is 16.6. The van der Waals surface area contributed by atoms with Crippen LogP contribution in [0.25, 0.3) is 0 Å². The molecule has 1 atom stereocenters. The van der Waals surface area contributed by atoms with E-state index >= 15 is 0 Å². The standard InChI is InChI=1S/C7H12O5/c1-6(9)12-4-7(10-2)3-11-5-8/h5,7H,3-4H2,1-2H3. The predicted molar refractivity (Wildman–Crippen MR) is 39.4 cm³/mol. The fourth-order valence-electron chi connectivity index (χ4n) is 0.541. The normalized spacial score (nSPS) is 11.8. The Hall–Kier alpha value is -1.10. The summed E-state index contributed by atoms with van der Waals surface area (Å²) in [5, 5.41) is 0. The van der Waals surface area contributed by atoms with E-state index in [1.807, 2.05) is 0 Å². The molecule has 0 aromatic rings. The number of rotatable bonds is 6. The second-order valence-corrected chi connectivity index (χ2v) is 2.09. The zero-order chi connectivity index (χ0) is 9.40. The van der Waals surface area contributed by atoms with E-state index in [-0.39, 0.29) is 25.3 Å². The third-order valence-electron chi connectivity index (χ3n) is 1.16. The van der Waals surface area contributed by atoms with Crippen LogP contribution in [-0.2, 0) is 23.8 Å². The minimum absolute atomic E-state index is 0.0906. The topological polar surface area (TPSA) is 61.8 Å². The summed E-state index contributed by atoms with van der Waals surface area (Å²) in [6.45, 7) is 1.81. The maximum atomic E-state index is 10.3. The van der Waals surface area contributed by atoms with Crippen LogP contribution in [0.5, 0.6) is 0 Å². The Labute approximate surface area is 70.6 Å². The molecule has 0 aliphatic heterocycles. The van der Waals surface area contributed by atoms with Gasteiger partial charge in [-0.2, -0.15) is 0 Å². The van der Waals surface area contributed by atoms with Gasteiger partial charge in [0.1, 0.15) is 19.3 Å². The Morgan fingerprint density at radius 1 is 1.50 bits per heavy atom. The van der Waals surface area contributed by atoms with Crippen molar-refractivity contribution in [2.24, 2.45) is 0 Å². The molecule has 0 rings (SSSR count). The van der Waals surface area contributed by atoms with E-state index in [2.05, 4.69) is 9.47 Å². The molecule has 0 aliphatic rings. The molecule has 0 aromatic heterocycles. The summed E-state index contributed by atoms with van der Waals surface area (Å²) in [4.78, 5) is 20.1. The van der Waals surface area contributed by atoms with E-state index in [1.54, 1.807) is 0 Å². The largest absolute Gasteiger partial charge is 0.465 e. The predicted octanol–water partition coefficient (Wildman–Crippen LogP) is -0.263. The molecule has 12 heavy (non-hydrogen) atoms. The van der Waals surface area contributed by atoms with Gasteiger partial charge in [-0.3, -0.25) is 9.59 Å². The molecule has 0 amide bonds. The zero-order valence-corrected chi connectivity index (χ0v) is 7.11. The van der Waals surface area contributed by atoms with Crippen LogP contribution in [0, 0.1) is 0 Å². The Bertz CT molecular complexity index is 145. The van der Waals surface area contributed by atoms with Crippen LogP contribution in [0.1, 0.15) is 6.92 Å². The van der Waals surface area contributed by atoms with Crippen molar-refractivity contribution in [1.82, 2.24) is 0 Å². The van der Waals surface area contributed by atoms with Gasteiger partial charge in [0.25, 0.3) is 6.47 Å². The minimum Gasteiger partial charge on any atom is -0.465 e. The summed E-state index contributed by atoms with van der Waals surface area (Å²) in [6.07, 6.45) is -0.390. The van der Waals surface area contributed by atoms with Crippen LogP contribution in [0.15, 0.2) is 0 Å². The first-order valence-corrected chi connectivity index (χ1v) is 3.42. The Kier molecular flexibility index (Phi) is 6.00. The van der Waals surface area contributed by atoms with Gasteiger partial charge < -0.3 is 14.2 Å². The monoisotopic (exact) mass is 176 g/mol. The molecule has 70 valence electrons. The first kappa shape index (κ1) is 10.9. The van der Waals surface area contributed by atoms with Gasteiger partial charge in [-0.15, -0.1) is 0 Å². The minimum atomic E-state index is -0.390. The first-order chi connectivity index (χ1) is 5.70. The van der Waals surface area contributed by atoms with Gasteiger partial charge in [0.15, 0.2) is 0 Å². The molecule has 0 heterocycles. The van der Waals surface area contributed by atoms with Gasteiger partial charge in [0.05, 0.1) is 0 Å². The summed E-state index contributed by atoms with van der Waals surface area (Å²) >= 11 is 0. The van der Waals surface area contributed by atoms with Crippen LogP contribution in [-0.4, -0.2) is 38.9 Å². The number of carbonyl (C=O) groups excluding carboxylic acids is 2. The second-order valence-electron chi connectivity index (χ2n) is 2.09. The number of methoxy groups -OCH3 is 1. The van der Waals surface area contributed by atoms with Gasteiger partial charge in [-0.1, -0.05) is 0 Å². The average Bonchev–Trinajstić information content (AvgIpc) is 2.05. The highest BCUT2D eigenvalue weighted by Gasteiger charge is 2.08. The summed E-state index contributed by atoms with van der Waals surface area (Å²) in [7, 11) is 1.45. The molecule has 5 heteroatoms. The molecule has 5 nitrogen and oxygen atoms in total. The Morgan fingerprint density at radius 3 is 2.58 bits per heavy atom. The highest BCUT2D eigenvalue weighted by Crippen LogP contribution is 1.92. The smallest absolute Gasteiger partial charge is 0.302 e. The van der Waals surface area contributed by atoms with Crippen molar-refractivity contribution in [2.75, 3.05) is 20.3 Å². The molecule has 0 bridgehead atoms. The van der Waals surface area contributed by atoms with Gasteiger partial charge >= 0.3 is 5.97 Å². The van der Waals surface area contributed by atoms with Gasteiger partial charge in [-0.05, 0) is 0 Å². The summed E-state index contributed by atoms with van der Waals surface area (Å²) < 4.78 is 13.9. The molecule has 0 aliphatic carbocycles. The van der Waals surface area contributed by atoms with E-state index in [0.717, 1.165) is 0 Å². The fourth-order valence-corrected chi connectivity index (χ4v) is 0.541. The lowest BCUT2D eigenvalue weighted by atomic mass is 10.4. The number of hydrogen-bond donors (Lipinski definition) is 0. The molecule has 0 aromatic carbocycles. The van der Waals surface area contributed by atoms with Crippen LogP contribution in [0.4, 0.5) is 0 Å². The van der Waals surface area contributed by atoms with Crippen LogP contribution in [0.3, 0.4) is 0 Å². The van der Waals surface area contributed by atoms with Crippen molar-refractivity contribution >= 4 is 12.4 Å². The molecule has 1 unspecified atom stereocenters. The highest BCUT2D eigenvalue weighted by molar-refractivity contribution is 5.65.